The van der Waals surface area contributed by atoms with Crippen LogP contribution in [0, 0.1) is 5.92 Å². The third-order valence-electron chi connectivity index (χ3n) is 5.28. The van der Waals surface area contributed by atoms with Gasteiger partial charge in [-0.2, -0.15) is 13.2 Å². The van der Waals surface area contributed by atoms with E-state index in [4.69, 9.17) is 0 Å². The third-order valence-corrected chi connectivity index (χ3v) is 5.28. The molecule has 28 heavy (non-hydrogen) atoms. The highest BCUT2D eigenvalue weighted by atomic mass is 19.4. The summed E-state index contributed by atoms with van der Waals surface area (Å²) in [5.41, 5.74) is 0.494. The van der Waals surface area contributed by atoms with E-state index < -0.39 is 11.7 Å². The van der Waals surface area contributed by atoms with Gasteiger partial charge in [-0.1, -0.05) is 37.3 Å². The predicted molar refractivity (Wildman–Crippen MR) is 101 cm³/mol. The molecular weight excluding hydrogens is 367 g/mol. The van der Waals surface area contributed by atoms with Crippen LogP contribution < -0.4 is 15.2 Å². The van der Waals surface area contributed by atoms with Gasteiger partial charge < -0.3 is 5.32 Å². The van der Waals surface area contributed by atoms with Crippen molar-refractivity contribution < 1.29 is 22.9 Å². The maximum atomic E-state index is 12.7. The number of anilines is 1. The van der Waals surface area contributed by atoms with E-state index in [0.29, 0.717) is 38.3 Å². The number of alkyl halides is 3. The highest BCUT2D eigenvalue weighted by molar-refractivity contribution is 5.79. The Kier molecular flexibility index (Phi) is 6.21. The second-order valence-corrected chi connectivity index (χ2v) is 7.28. The smallest absolute Gasteiger partial charge is 0.355 e. The normalized spacial score (nSPS) is 16.6. The van der Waals surface area contributed by atoms with Crippen LogP contribution in [0.15, 0.2) is 48.7 Å². The van der Waals surface area contributed by atoms with Crippen molar-refractivity contribution in [1.29, 1.82) is 0 Å². The highest BCUT2D eigenvalue weighted by Crippen LogP contribution is 2.29. The van der Waals surface area contributed by atoms with Crippen LogP contribution in [0.25, 0.3) is 0 Å². The van der Waals surface area contributed by atoms with Gasteiger partial charge in [0.2, 0.25) is 5.91 Å². The van der Waals surface area contributed by atoms with Crippen LogP contribution in [-0.4, -0.2) is 25.5 Å². The van der Waals surface area contributed by atoms with Crippen molar-refractivity contribution in [3.63, 3.8) is 0 Å². The average Bonchev–Trinajstić information content (AvgIpc) is 2.72. The minimum absolute atomic E-state index is 0.0545. The molecule has 1 amide bonds. The SMILES string of the molecule is C[C@H](CNC(=O)C1CCN(c2ccc(C(F)(F)F)c[nH+]2)CC1)c1ccccc1. The molecule has 2 heterocycles. The second-order valence-electron chi connectivity index (χ2n) is 7.28. The van der Waals surface area contributed by atoms with Crippen molar-refractivity contribution in [3.8, 4) is 0 Å². The third kappa shape index (κ3) is 5.03. The van der Waals surface area contributed by atoms with Crippen LogP contribution in [0.5, 0.6) is 0 Å². The first-order valence-electron chi connectivity index (χ1n) is 9.51. The number of nitrogens with zero attached hydrogens (tertiary/aromatic N) is 1. The summed E-state index contributed by atoms with van der Waals surface area (Å²) >= 11 is 0. The van der Waals surface area contributed by atoms with Gasteiger partial charge in [0.25, 0.3) is 5.82 Å². The number of aromatic amines is 1. The Hall–Kier alpha value is -2.57. The van der Waals surface area contributed by atoms with E-state index in [1.807, 2.05) is 23.1 Å². The molecular formula is C21H25F3N3O+. The molecule has 2 aromatic rings. The van der Waals surface area contributed by atoms with E-state index in [1.54, 1.807) is 0 Å². The maximum absolute atomic E-state index is 12.7. The Morgan fingerprint density at radius 1 is 1.18 bits per heavy atom. The molecule has 3 rings (SSSR count). The molecule has 1 aromatic heterocycles. The number of halogens is 3. The van der Waals surface area contributed by atoms with E-state index >= 15 is 0 Å². The number of H-pyrrole nitrogens is 1. The van der Waals surface area contributed by atoms with Gasteiger partial charge >= 0.3 is 6.18 Å². The zero-order valence-corrected chi connectivity index (χ0v) is 15.8. The second kappa shape index (κ2) is 8.63. The van der Waals surface area contributed by atoms with Crippen molar-refractivity contribution >= 4 is 11.7 Å². The average molecular weight is 392 g/mol. The van der Waals surface area contributed by atoms with E-state index in [1.165, 1.54) is 11.6 Å². The van der Waals surface area contributed by atoms with Crippen LogP contribution in [0.1, 0.15) is 36.8 Å². The number of nitrogens with one attached hydrogen (secondary N) is 2. The number of pyridine rings is 1. The van der Waals surface area contributed by atoms with Crippen molar-refractivity contribution in [2.24, 2.45) is 5.92 Å². The minimum atomic E-state index is -4.35. The van der Waals surface area contributed by atoms with Crippen LogP contribution in [-0.2, 0) is 11.0 Å². The molecule has 4 nitrogen and oxygen atoms in total. The van der Waals surface area contributed by atoms with Gasteiger partial charge in [-0.05, 0) is 30.4 Å². The number of piperidine rings is 1. The van der Waals surface area contributed by atoms with Crippen LogP contribution in [0.4, 0.5) is 19.0 Å². The van der Waals surface area contributed by atoms with Crippen molar-refractivity contribution in [2.45, 2.75) is 31.9 Å². The standard InChI is InChI=1S/C21H24F3N3O/c1-15(16-5-3-2-4-6-16)13-26-20(28)17-9-11-27(12-10-17)19-8-7-18(14-25-19)21(22,23)24/h2-8,14-15,17H,9-13H2,1H3,(H,26,28)/p+1/t15-/m1/s1. The number of hydrogen-bond acceptors (Lipinski definition) is 2. The Balaban J connectivity index is 1.47. The van der Waals surface area contributed by atoms with Crippen molar-refractivity contribution in [1.82, 2.24) is 5.32 Å². The number of aromatic nitrogens is 1. The molecule has 1 atom stereocenters. The zero-order chi connectivity index (χ0) is 20.1. The Morgan fingerprint density at radius 2 is 1.86 bits per heavy atom. The van der Waals surface area contributed by atoms with E-state index in [-0.39, 0.29) is 17.7 Å². The summed E-state index contributed by atoms with van der Waals surface area (Å²) in [6.07, 6.45) is -2.00. The molecule has 0 saturated carbocycles. The Bertz CT molecular complexity index is 770. The molecule has 150 valence electrons. The van der Waals surface area contributed by atoms with E-state index in [9.17, 15) is 18.0 Å². The summed E-state index contributed by atoms with van der Waals surface area (Å²) < 4.78 is 38.0. The largest absolute Gasteiger partial charge is 0.419 e. The number of carbonyl (C=O) groups is 1. The number of amides is 1. The summed E-state index contributed by atoms with van der Waals surface area (Å²) in [4.78, 5) is 17.2. The predicted octanol–water partition coefficient (Wildman–Crippen LogP) is 3.66. The first-order valence-corrected chi connectivity index (χ1v) is 9.51. The molecule has 1 aliphatic heterocycles. The lowest BCUT2D eigenvalue weighted by atomic mass is 9.95. The Morgan fingerprint density at radius 3 is 2.43 bits per heavy atom. The lowest BCUT2D eigenvalue weighted by Crippen LogP contribution is -2.42. The molecule has 1 fully saturated rings. The summed E-state index contributed by atoms with van der Waals surface area (Å²) in [5, 5.41) is 3.04. The van der Waals surface area contributed by atoms with Gasteiger partial charge in [-0.15, -0.1) is 0 Å². The molecule has 0 bridgehead atoms. The van der Waals surface area contributed by atoms with Crippen LogP contribution in [0.2, 0.25) is 0 Å². The van der Waals surface area contributed by atoms with Gasteiger partial charge in [-0.3, -0.25) is 9.69 Å². The molecule has 2 N–H and O–H groups in total. The van der Waals surface area contributed by atoms with Crippen molar-refractivity contribution in [3.05, 3.63) is 59.8 Å². The molecule has 7 heteroatoms. The van der Waals surface area contributed by atoms with E-state index in [0.717, 1.165) is 12.3 Å². The maximum Gasteiger partial charge on any atom is 0.419 e. The Labute approximate surface area is 162 Å². The van der Waals surface area contributed by atoms with Crippen LogP contribution >= 0.6 is 0 Å². The molecule has 1 aliphatic rings. The summed E-state index contributed by atoms with van der Waals surface area (Å²) in [5.74, 6) is 0.879. The minimum Gasteiger partial charge on any atom is -0.355 e. The molecule has 0 spiro atoms. The first kappa shape index (κ1) is 20.2. The monoisotopic (exact) mass is 392 g/mol. The fourth-order valence-corrected chi connectivity index (χ4v) is 3.47. The fraction of sp³-hybridized carbons (Fsp3) is 0.429. The first-order chi connectivity index (χ1) is 13.3. The molecule has 1 aromatic carbocycles. The summed E-state index contributed by atoms with van der Waals surface area (Å²) in [7, 11) is 0. The van der Waals surface area contributed by atoms with Gasteiger partial charge in [0.1, 0.15) is 6.20 Å². The lowest BCUT2D eigenvalue weighted by Gasteiger charge is -2.27. The topological polar surface area (TPSA) is 46.5 Å². The molecule has 0 radical (unpaired) electrons. The van der Waals surface area contributed by atoms with Gasteiger partial charge in [0.15, 0.2) is 0 Å². The number of rotatable bonds is 5. The highest BCUT2D eigenvalue weighted by Gasteiger charge is 2.33. The number of carbonyl (C=O) groups excluding carboxylic acids is 1. The lowest BCUT2D eigenvalue weighted by molar-refractivity contribution is -0.367. The molecule has 0 aliphatic carbocycles. The summed E-state index contributed by atoms with van der Waals surface area (Å²) in [6.45, 7) is 3.94. The van der Waals surface area contributed by atoms with E-state index in [2.05, 4.69) is 29.4 Å². The number of benzene rings is 1. The molecule has 1 saturated heterocycles. The van der Waals surface area contributed by atoms with Gasteiger partial charge in [-0.25, -0.2) is 4.98 Å². The molecule has 0 unspecified atom stereocenters. The van der Waals surface area contributed by atoms with Gasteiger partial charge in [0.05, 0.1) is 18.7 Å². The zero-order valence-electron chi connectivity index (χ0n) is 15.8. The quantitative estimate of drug-likeness (QED) is 0.844. The van der Waals surface area contributed by atoms with Gasteiger partial charge in [0, 0.05) is 18.5 Å². The van der Waals surface area contributed by atoms with Crippen LogP contribution in [0.3, 0.4) is 0 Å². The number of hydrogen-bond donors (Lipinski definition) is 1. The summed E-state index contributed by atoms with van der Waals surface area (Å²) in [6, 6.07) is 12.6. The fourth-order valence-electron chi connectivity index (χ4n) is 3.47. The van der Waals surface area contributed by atoms with Crippen molar-refractivity contribution in [2.75, 3.05) is 24.5 Å².